The Morgan fingerprint density at radius 2 is 0.981 bits per heavy atom. The Hall–Kier alpha value is -4.74. The third kappa shape index (κ3) is 7.16. The van der Waals surface area contributed by atoms with Crippen molar-refractivity contribution in [3.8, 4) is 45.0 Å². The first-order valence-corrected chi connectivity index (χ1v) is 17.6. The van der Waals surface area contributed by atoms with Crippen LogP contribution < -0.4 is 4.73 Å². The van der Waals surface area contributed by atoms with Crippen LogP contribution in [0.5, 0.6) is 0 Å². The van der Waals surface area contributed by atoms with Gasteiger partial charge >= 0.3 is 0 Å². The van der Waals surface area contributed by atoms with Gasteiger partial charge in [-0.2, -0.15) is 4.73 Å². The maximum absolute atomic E-state index is 13.4. The number of hydrogen-bond acceptors (Lipinski definition) is 6. The summed E-state index contributed by atoms with van der Waals surface area (Å²) in [6.07, 6.45) is 5.67. The Labute approximate surface area is 330 Å². The van der Waals surface area contributed by atoms with Crippen molar-refractivity contribution in [2.45, 2.75) is 0 Å². The molecule has 0 N–H and O–H groups in total. The normalized spacial score (nSPS) is 11.1. The van der Waals surface area contributed by atoms with Crippen LogP contribution in [-0.2, 0) is 0 Å². The minimum absolute atomic E-state index is 0.199. The third-order valence-electron chi connectivity index (χ3n) is 8.03. The van der Waals surface area contributed by atoms with Gasteiger partial charge in [-0.05, 0) is 66.7 Å². The molecule has 4 heterocycles. The molecule has 0 amide bonds. The maximum Gasteiger partial charge on any atom is 0.253 e. The summed E-state index contributed by atoms with van der Waals surface area (Å²) in [5.41, 5.74) is 4.80. The fourth-order valence-corrected chi connectivity index (χ4v) is 7.37. The first-order chi connectivity index (χ1) is 25.5. The Balaban J connectivity index is 0.000000164. The molecule has 15 heteroatoms. The lowest BCUT2D eigenvalue weighted by Gasteiger charge is -2.12. The molecule has 7 nitrogen and oxygen atoms in total. The van der Waals surface area contributed by atoms with Crippen LogP contribution in [0.1, 0.15) is 0 Å². The number of rotatable bonds is 4. The van der Waals surface area contributed by atoms with E-state index in [1.165, 1.54) is 49.2 Å². The molecule has 0 saturated heterocycles. The van der Waals surface area contributed by atoms with Gasteiger partial charge in [0.15, 0.2) is 6.20 Å². The first-order valence-electron chi connectivity index (χ1n) is 15.3. The molecule has 0 radical (unpaired) electrons. The van der Waals surface area contributed by atoms with E-state index in [1.54, 1.807) is 60.8 Å². The molecule has 0 bridgehead atoms. The van der Waals surface area contributed by atoms with E-state index in [0.29, 0.717) is 86.0 Å². The van der Waals surface area contributed by atoms with E-state index in [9.17, 15) is 14.0 Å². The largest absolute Gasteiger partial charge is 0.618 e. The van der Waals surface area contributed by atoms with E-state index in [1.807, 2.05) is 0 Å². The predicted molar refractivity (Wildman–Crippen MR) is 208 cm³/mol. The molecular formula is C38H18Cl6F2N6O. The smallest absolute Gasteiger partial charge is 0.253 e. The molecule has 0 aliphatic rings. The van der Waals surface area contributed by atoms with Crippen molar-refractivity contribution in [3.05, 3.63) is 157 Å². The molecule has 0 fully saturated rings. The van der Waals surface area contributed by atoms with Gasteiger partial charge in [0, 0.05) is 39.7 Å². The van der Waals surface area contributed by atoms with Gasteiger partial charge in [0.1, 0.15) is 35.3 Å². The lowest BCUT2D eigenvalue weighted by Crippen LogP contribution is -2.29. The number of nitrogens with zero attached hydrogens (tertiary/aromatic N) is 6. The monoisotopic (exact) mass is 822 g/mol. The van der Waals surface area contributed by atoms with Crippen LogP contribution in [0.4, 0.5) is 8.78 Å². The topological polar surface area (TPSA) is 91.4 Å². The van der Waals surface area contributed by atoms with Crippen molar-refractivity contribution < 1.29 is 13.5 Å². The molecule has 262 valence electrons. The van der Waals surface area contributed by atoms with Crippen molar-refractivity contribution in [2.24, 2.45) is 0 Å². The average molecular weight is 825 g/mol. The van der Waals surface area contributed by atoms with Crippen molar-refractivity contribution in [3.63, 3.8) is 0 Å². The molecule has 0 spiro atoms. The van der Waals surface area contributed by atoms with Gasteiger partial charge in [0.05, 0.1) is 52.8 Å². The molecule has 4 aromatic heterocycles. The summed E-state index contributed by atoms with van der Waals surface area (Å²) in [6.45, 7) is 0. The van der Waals surface area contributed by atoms with Crippen molar-refractivity contribution in [1.29, 1.82) is 0 Å². The molecule has 8 rings (SSSR count). The molecule has 0 unspecified atom stereocenters. The van der Waals surface area contributed by atoms with Crippen molar-refractivity contribution in [2.75, 3.05) is 0 Å². The maximum atomic E-state index is 13.4. The van der Waals surface area contributed by atoms with Crippen LogP contribution in [-0.4, -0.2) is 24.9 Å². The van der Waals surface area contributed by atoms with Crippen LogP contribution in [0.3, 0.4) is 0 Å². The average Bonchev–Trinajstić information content (AvgIpc) is 3.12. The summed E-state index contributed by atoms with van der Waals surface area (Å²) in [5, 5.41) is 15.9. The number of halogens is 8. The lowest BCUT2D eigenvalue weighted by molar-refractivity contribution is -0.592. The number of pyridine rings is 2. The molecule has 53 heavy (non-hydrogen) atoms. The van der Waals surface area contributed by atoms with E-state index >= 15 is 0 Å². The molecule has 4 aromatic carbocycles. The van der Waals surface area contributed by atoms with E-state index in [0.717, 1.165) is 0 Å². The number of hydrogen-bond donors (Lipinski definition) is 0. The molecule has 0 aliphatic carbocycles. The van der Waals surface area contributed by atoms with E-state index in [-0.39, 0.29) is 15.7 Å². The Kier molecular flexibility index (Phi) is 10.6. The number of aromatic nitrogens is 6. The molecule has 0 saturated carbocycles. The lowest BCUT2D eigenvalue weighted by atomic mass is 10.0. The van der Waals surface area contributed by atoms with Gasteiger partial charge in [-0.1, -0.05) is 81.7 Å². The molecular weight excluding hydrogens is 807 g/mol. The van der Waals surface area contributed by atoms with Gasteiger partial charge in [-0.3, -0.25) is 4.98 Å². The Morgan fingerprint density at radius 3 is 1.51 bits per heavy atom. The second-order valence-corrected chi connectivity index (χ2v) is 13.6. The molecule has 8 aromatic rings. The summed E-state index contributed by atoms with van der Waals surface area (Å²) < 4.78 is 27.5. The Bertz CT molecular complexity index is 2680. The highest BCUT2D eigenvalue weighted by atomic mass is 35.5. The van der Waals surface area contributed by atoms with E-state index in [4.69, 9.17) is 69.6 Å². The zero-order valence-electron chi connectivity index (χ0n) is 26.5. The van der Waals surface area contributed by atoms with Crippen LogP contribution in [0.25, 0.3) is 66.8 Å². The van der Waals surface area contributed by atoms with Crippen molar-refractivity contribution >= 4 is 91.4 Å². The Morgan fingerprint density at radius 1 is 0.491 bits per heavy atom. The van der Waals surface area contributed by atoms with E-state index in [2.05, 4.69) is 24.9 Å². The first kappa shape index (κ1) is 36.6. The minimum atomic E-state index is -0.456. The number of benzene rings is 4. The van der Waals surface area contributed by atoms with Crippen molar-refractivity contribution in [1.82, 2.24) is 24.9 Å². The molecule has 0 atom stereocenters. The summed E-state index contributed by atoms with van der Waals surface area (Å²) in [4.78, 5) is 21.7. The van der Waals surface area contributed by atoms with Crippen LogP contribution in [0.15, 0.2) is 110 Å². The zero-order chi connectivity index (χ0) is 37.4. The van der Waals surface area contributed by atoms with Gasteiger partial charge in [-0.25, -0.2) is 28.7 Å². The molecule has 0 aliphatic heterocycles. The second-order valence-electron chi connectivity index (χ2n) is 11.2. The van der Waals surface area contributed by atoms with Crippen LogP contribution in [0, 0.1) is 16.8 Å². The standard InChI is InChI=1S/C19H9Cl3FN3O.C19H9Cl3FN3/c20-13-2-1-3-14(21)16(13)19-18-12(6-7-26(19)27)17(24-9-25-18)11-5-4-10(23)8-15(11)22;20-13-2-1-3-14(21)16(13)19-18-12(6-7-24-19)17(25-9-26-18)11-5-4-10(23)8-15(11)22/h1-9H;1-9H. The van der Waals surface area contributed by atoms with Gasteiger partial charge in [-0.15, -0.1) is 0 Å². The SMILES string of the molecule is Fc1ccc(-c2ncnc3c(-c4c(Cl)cccc4Cl)nccc23)c(Cl)c1.[O-][n+]1ccc2c(-c3ccc(F)cc3Cl)ncnc2c1-c1c(Cl)cccc1Cl. The fraction of sp³-hybridized carbons (Fsp3) is 0. The highest BCUT2D eigenvalue weighted by Crippen LogP contribution is 2.40. The summed E-state index contributed by atoms with van der Waals surface area (Å²) in [6, 6.07) is 21.7. The van der Waals surface area contributed by atoms with Gasteiger partial charge in [0.25, 0.3) is 5.69 Å². The highest BCUT2D eigenvalue weighted by molar-refractivity contribution is 6.40. The van der Waals surface area contributed by atoms with E-state index < -0.39 is 11.6 Å². The summed E-state index contributed by atoms with van der Waals surface area (Å²) >= 11 is 37.7. The van der Waals surface area contributed by atoms with Crippen LogP contribution >= 0.6 is 69.6 Å². The second kappa shape index (κ2) is 15.3. The highest BCUT2D eigenvalue weighted by Gasteiger charge is 2.24. The zero-order valence-corrected chi connectivity index (χ0v) is 31.0. The number of fused-ring (bicyclic) bond motifs is 2. The quantitative estimate of drug-likeness (QED) is 0.130. The predicted octanol–water partition coefficient (Wildman–Crippen LogP) is 12.2. The summed E-state index contributed by atoms with van der Waals surface area (Å²) in [5.74, 6) is -0.870. The minimum Gasteiger partial charge on any atom is -0.618 e. The third-order valence-corrected chi connectivity index (χ3v) is 9.92. The van der Waals surface area contributed by atoms with Gasteiger partial charge < -0.3 is 5.21 Å². The van der Waals surface area contributed by atoms with Gasteiger partial charge in [0.2, 0.25) is 0 Å². The van der Waals surface area contributed by atoms with Crippen LogP contribution in [0.2, 0.25) is 30.1 Å². The fourth-order valence-electron chi connectivity index (χ4n) is 5.70. The summed E-state index contributed by atoms with van der Waals surface area (Å²) in [7, 11) is 0.